The van der Waals surface area contributed by atoms with Gasteiger partial charge in [-0.3, -0.25) is 4.79 Å². The highest BCUT2D eigenvalue weighted by Crippen LogP contribution is 2.34. The molecular weight excluding hydrogens is 192 g/mol. The van der Waals surface area contributed by atoms with Crippen molar-refractivity contribution < 1.29 is 9.53 Å². The van der Waals surface area contributed by atoms with Gasteiger partial charge in [0.1, 0.15) is 0 Å². The molecule has 0 N–H and O–H groups in total. The lowest BCUT2D eigenvalue weighted by atomic mass is 10.3. The second kappa shape index (κ2) is 5.75. The van der Waals surface area contributed by atoms with E-state index in [-0.39, 0.29) is 5.97 Å². The Bertz CT molecular complexity index is 144. The molecule has 1 rings (SSSR count). The molecule has 1 aliphatic rings. The number of carbonyl (C=O) groups excluding carboxylic acids is 1. The van der Waals surface area contributed by atoms with Gasteiger partial charge >= 0.3 is 5.97 Å². The molecule has 0 amide bonds. The van der Waals surface area contributed by atoms with Crippen molar-refractivity contribution in [2.24, 2.45) is 0 Å². The molecule has 1 aliphatic heterocycles. The third-order valence-corrected chi connectivity index (χ3v) is 4.75. The van der Waals surface area contributed by atoms with E-state index in [0.717, 1.165) is 6.42 Å². The first-order valence-electron chi connectivity index (χ1n) is 4.21. The summed E-state index contributed by atoms with van der Waals surface area (Å²) in [6.45, 7) is 2.35. The summed E-state index contributed by atoms with van der Waals surface area (Å²) in [6, 6.07) is 0. The molecule has 0 bridgehead atoms. The first-order chi connectivity index (χ1) is 5.83. The standard InChI is InChI=1S/C8H14O2S2/c1-2-10-7(9)3-4-8-11-5-6-12-8/h8H,2-6H2,1H3. The summed E-state index contributed by atoms with van der Waals surface area (Å²) in [5, 5.41) is 0. The topological polar surface area (TPSA) is 26.3 Å². The lowest BCUT2D eigenvalue weighted by molar-refractivity contribution is -0.143. The van der Waals surface area contributed by atoms with Crippen LogP contribution < -0.4 is 0 Å². The maximum absolute atomic E-state index is 11.0. The van der Waals surface area contributed by atoms with E-state index in [0.29, 0.717) is 17.6 Å². The first kappa shape index (κ1) is 10.3. The van der Waals surface area contributed by atoms with Gasteiger partial charge in [-0.05, 0) is 13.3 Å². The van der Waals surface area contributed by atoms with E-state index in [2.05, 4.69) is 0 Å². The second-order valence-corrected chi connectivity index (χ2v) is 5.43. The summed E-state index contributed by atoms with van der Waals surface area (Å²) in [6.07, 6.45) is 1.55. The van der Waals surface area contributed by atoms with Crippen LogP contribution in [0.15, 0.2) is 0 Å². The molecule has 0 aromatic rings. The summed E-state index contributed by atoms with van der Waals surface area (Å²) in [5.74, 6) is 2.42. The Kier molecular flexibility index (Phi) is 4.92. The quantitative estimate of drug-likeness (QED) is 0.658. The molecule has 0 radical (unpaired) electrons. The Hall–Kier alpha value is 0.170. The highest BCUT2D eigenvalue weighted by Gasteiger charge is 2.17. The van der Waals surface area contributed by atoms with Crippen LogP contribution in [0.1, 0.15) is 19.8 Å². The third-order valence-electron chi connectivity index (χ3n) is 1.58. The maximum Gasteiger partial charge on any atom is 0.305 e. The van der Waals surface area contributed by atoms with Crippen LogP contribution in [-0.2, 0) is 9.53 Å². The molecule has 0 spiro atoms. The number of rotatable bonds is 4. The molecule has 0 unspecified atom stereocenters. The molecule has 1 heterocycles. The number of esters is 1. The van der Waals surface area contributed by atoms with Crippen LogP contribution in [0.25, 0.3) is 0 Å². The van der Waals surface area contributed by atoms with Crippen molar-refractivity contribution in [3.05, 3.63) is 0 Å². The number of hydrogen-bond donors (Lipinski definition) is 0. The van der Waals surface area contributed by atoms with Crippen LogP contribution in [0.5, 0.6) is 0 Å². The molecule has 0 atom stereocenters. The largest absolute Gasteiger partial charge is 0.466 e. The van der Waals surface area contributed by atoms with Gasteiger partial charge in [0.15, 0.2) is 0 Å². The lowest BCUT2D eigenvalue weighted by Crippen LogP contribution is -2.06. The van der Waals surface area contributed by atoms with Gasteiger partial charge in [-0.15, -0.1) is 23.5 Å². The highest BCUT2D eigenvalue weighted by atomic mass is 32.2. The van der Waals surface area contributed by atoms with Gasteiger partial charge in [-0.1, -0.05) is 0 Å². The zero-order valence-corrected chi connectivity index (χ0v) is 8.88. The Morgan fingerprint density at radius 3 is 2.75 bits per heavy atom. The average molecular weight is 206 g/mol. The summed E-state index contributed by atoms with van der Waals surface area (Å²) < 4.78 is 5.48. The summed E-state index contributed by atoms with van der Waals surface area (Å²) in [7, 11) is 0. The minimum Gasteiger partial charge on any atom is -0.466 e. The van der Waals surface area contributed by atoms with E-state index in [9.17, 15) is 4.79 Å². The van der Waals surface area contributed by atoms with Gasteiger partial charge < -0.3 is 4.74 Å². The van der Waals surface area contributed by atoms with E-state index < -0.39 is 0 Å². The van der Waals surface area contributed by atoms with E-state index >= 15 is 0 Å². The lowest BCUT2D eigenvalue weighted by Gasteiger charge is -2.06. The molecule has 0 aromatic carbocycles. The zero-order valence-electron chi connectivity index (χ0n) is 7.25. The highest BCUT2D eigenvalue weighted by molar-refractivity contribution is 8.20. The Morgan fingerprint density at radius 1 is 1.50 bits per heavy atom. The van der Waals surface area contributed by atoms with Gasteiger partial charge in [0.2, 0.25) is 0 Å². The Morgan fingerprint density at radius 2 is 2.17 bits per heavy atom. The molecule has 2 nitrogen and oxygen atoms in total. The van der Waals surface area contributed by atoms with Gasteiger partial charge in [0.05, 0.1) is 11.2 Å². The Labute approximate surface area is 81.8 Å². The number of carbonyl (C=O) groups is 1. The van der Waals surface area contributed by atoms with Gasteiger partial charge in [0.25, 0.3) is 0 Å². The smallest absolute Gasteiger partial charge is 0.305 e. The fourth-order valence-corrected chi connectivity index (χ4v) is 3.87. The fraction of sp³-hybridized carbons (Fsp3) is 0.875. The van der Waals surface area contributed by atoms with Crippen LogP contribution in [0.2, 0.25) is 0 Å². The van der Waals surface area contributed by atoms with Crippen molar-refractivity contribution in [1.29, 1.82) is 0 Å². The summed E-state index contributed by atoms with van der Waals surface area (Å²) in [5.41, 5.74) is 0. The predicted octanol–water partition coefficient (Wildman–Crippen LogP) is 2.14. The molecule has 0 aromatic heterocycles. The van der Waals surface area contributed by atoms with Gasteiger partial charge in [-0.25, -0.2) is 0 Å². The van der Waals surface area contributed by atoms with Crippen LogP contribution >= 0.6 is 23.5 Å². The number of ether oxygens (including phenoxy) is 1. The number of hydrogen-bond acceptors (Lipinski definition) is 4. The van der Waals surface area contributed by atoms with Crippen molar-refractivity contribution in [3.63, 3.8) is 0 Å². The van der Waals surface area contributed by atoms with E-state index in [1.165, 1.54) is 11.5 Å². The van der Waals surface area contributed by atoms with Crippen molar-refractivity contribution in [3.8, 4) is 0 Å². The van der Waals surface area contributed by atoms with Crippen molar-refractivity contribution in [2.75, 3.05) is 18.1 Å². The normalized spacial score (nSPS) is 18.1. The maximum atomic E-state index is 11.0. The molecule has 0 aliphatic carbocycles. The van der Waals surface area contributed by atoms with Gasteiger partial charge in [0, 0.05) is 17.9 Å². The summed E-state index contributed by atoms with van der Waals surface area (Å²) >= 11 is 3.92. The molecule has 1 fully saturated rings. The van der Waals surface area contributed by atoms with Crippen LogP contribution in [0.4, 0.5) is 0 Å². The fourth-order valence-electron chi connectivity index (χ4n) is 1.04. The molecule has 1 saturated heterocycles. The third kappa shape index (κ3) is 3.72. The predicted molar refractivity (Wildman–Crippen MR) is 54.6 cm³/mol. The van der Waals surface area contributed by atoms with Crippen LogP contribution in [0.3, 0.4) is 0 Å². The van der Waals surface area contributed by atoms with Crippen molar-refractivity contribution in [1.82, 2.24) is 0 Å². The van der Waals surface area contributed by atoms with Gasteiger partial charge in [-0.2, -0.15) is 0 Å². The summed E-state index contributed by atoms with van der Waals surface area (Å²) in [4.78, 5) is 11.0. The second-order valence-electron chi connectivity index (χ2n) is 2.51. The van der Waals surface area contributed by atoms with E-state index in [1.807, 2.05) is 30.4 Å². The molecule has 12 heavy (non-hydrogen) atoms. The molecular formula is C8H14O2S2. The SMILES string of the molecule is CCOC(=O)CCC1SCCS1. The van der Waals surface area contributed by atoms with Crippen molar-refractivity contribution >= 4 is 29.5 Å². The molecule has 0 saturated carbocycles. The number of thioether (sulfide) groups is 2. The molecule has 4 heteroatoms. The molecule has 70 valence electrons. The van der Waals surface area contributed by atoms with E-state index in [1.54, 1.807) is 0 Å². The van der Waals surface area contributed by atoms with Crippen LogP contribution in [0, 0.1) is 0 Å². The zero-order chi connectivity index (χ0) is 8.81. The minimum atomic E-state index is -0.0504. The minimum absolute atomic E-state index is 0.0504. The van der Waals surface area contributed by atoms with Crippen LogP contribution in [-0.4, -0.2) is 28.7 Å². The first-order valence-corrected chi connectivity index (χ1v) is 6.31. The monoisotopic (exact) mass is 206 g/mol. The van der Waals surface area contributed by atoms with E-state index in [4.69, 9.17) is 4.74 Å². The Balaban J connectivity index is 2.03. The van der Waals surface area contributed by atoms with Crippen molar-refractivity contribution in [2.45, 2.75) is 24.3 Å². The average Bonchev–Trinajstić information content (AvgIpc) is 2.53.